The van der Waals surface area contributed by atoms with Gasteiger partial charge in [-0.15, -0.1) is 24.0 Å². The molecule has 1 saturated heterocycles. The van der Waals surface area contributed by atoms with Gasteiger partial charge in [0.2, 0.25) is 0 Å². The lowest BCUT2D eigenvalue weighted by Crippen LogP contribution is -2.42. The van der Waals surface area contributed by atoms with E-state index in [1.807, 2.05) is 11.8 Å². The highest BCUT2D eigenvalue weighted by atomic mass is 127. The molecule has 0 unspecified atom stereocenters. The molecule has 0 saturated carbocycles. The quantitative estimate of drug-likeness (QED) is 0.416. The molecular weight excluding hydrogens is 456 g/mol. The Hall–Kier alpha value is -0.0200. The van der Waals surface area contributed by atoms with E-state index in [0.717, 1.165) is 36.6 Å². The van der Waals surface area contributed by atoms with Crippen molar-refractivity contribution in [3.63, 3.8) is 0 Å². The zero-order valence-corrected chi connectivity index (χ0v) is 15.8. The Bertz CT molecular complexity index is 467. The summed E-state index contributed by atoms with van der Waals surface area (Å²) in [5.74, 6) is 2.61. The Morgan fingerprint density at radius 3 is 2.75 bits per heavy atom. The Kier molecular flexibility index (Phi) is 8.20. The van der Waals surface area contributed by atoms with E-state index in [-0.39, 0.29) is 29.8 Å². The van der Waals surface area contributed by atoms with Crippen molar-refractivity contribution < 1.29 is 4.39 Å². The molecule has 0 bridgehead atoms. The molecular formula is C13H18BrFIN3S. The third kappa shape index (κ3) is 5.40. The largest absolute Gasteiger partial charge is 0.370 e. The molecule has 1 aliphatic rings. The van der Waals surface area contributed by atoms with Crippen LogP contribution in [0.4, 0.5) is 4.39 Å². The number of nitrogens with two attached hydrogens (primary N) is 1. The Balaban J connectivity index is 0.00000200. The van der Waals surface area contributed by atoms with Gasteiger partial charge in [-0.05, 0) is 40.0 Å². The van der Waals surface area contributed by atoms with Gasteiger partial charge in [0.15, 0.2) is 5.96 Å². The number of hydrogen-bond donors (Lipinski definition) is 1. The molecule has 2 N–H and O–H groups in total. The van der Waals surface area contributed by atoms with Crippen LogP contribution in [-0.2, 0) is 6.42 Å². The molecule has 112 valence electrons. The number of hydrogen-bond acceptors (Lipinski definition) is 2. The summed E-state index contributed by atoms with van der Waals surface area (Å²) in [5, 5.41) is 0. The molecule has 2 rings (SSSR count). The van der Waals surface area contributed by atoms with Crippen molar-refractivity contribution in [2.45, 2.75) is 6.42 Å². The van der Waals surface area contributed by atoms with Crippen LogP contribution < -0.4 is 5.73 Å². The van der Waals surface area contributed by atoms with E-state index in [2.05, 4.69) is 25.8 Å². The number of rotatable bonds is 3. The lowest BCUT2D eigenvalue weighted by Gasteiger charge is -2.27. The number of benzene rings is 1. The predicted molar refractivity (Wildman–Crippen MR) is 98.6 cm³/mol. The van der Waals surface area contributed by atoms with Crippen molar-refractivity contribution in [3.05, 3.63) is 34.1 Å². The zero-order valence-electron chi connectivity index (χ0n) is 11.0. The van der Waals surface area contributed by atoms with E-state index in [1.165, 1.54) is 6.07 Å². The lowest BCUT2D eigenvalue weighted by molar-refractivity contribution is 0.456. The van der Waals surface area contributed by atoms with Crippen molar-refractivity contribution >= 4 is 57.6 Å². The average Bonchev–Trinajstić information content (AvgIpc) is 2.43. The van der Waals surface area contributed by atoms with Gasteiger partial charge in [0.05, 0.1) is 4.47 Å². The maximum atomic E-state index is 13.1. The first-order valence-corrected chi connectivity index (χ1v) is 8.18. The summed E-state index contributed by atoms with van der Waals surface area (Å²) in [6.45, 7) is 2.58. The van der Waals surface area contributed by atoms with E-state index in [9.17, 15) is 4.39 Å². The van der Waals surface area contributed by atoms with Gasteiger partial charge < -0.3 is 10.6 Å². The minimum Gasteiger partial charge on any atom is -0.370 e. The highest BCUT2D eigenvalue weighted by molar-refractivity contribution is 14.0. The normalized spacial score (nSPS) is 15.9. The summed E-state index contributed by atoms with van der Waals surface area (Å²) in [6.07, 6.45) is 0.766. The molecule has 1 heterocycles. The first-order valence-electron chi connectivity index (χ1n) is 6.23. The molecule has 7 heteroatoms. The van der Waals surface area contributed by atoms with Gasteiger partial charge in [0.1, 0.15) is 5.82 Å². The minimum absolute atomic E-state index is 0. The van der Waals surface area contributed by atoms with E-state index < -0.39 is 0 Å². The molecule has 0 aliphatic carbocycles. The van der Waals surface area contributed by atoms with Crippen LogP contribution in [0.5, 0.6) is 0 Å². The van der Waals surface area contributed by atoms with Gasteiger partial charge in [0, 0.05) is 31.1 Å². The van der Waals surface area contributed by atoms with Crippen molar-refractivity contribution in [1.82, 2.24) is 4.90 Å². The van der Waals surface area contributed by atoms with Crippen LogP contribution in [0.25, 0.3) is 0 Å². The molecule has 1 fully saturated rings. The van der Waals surface area contributed by atoms with E-state index in [0.29, 0.717) is 17.0 Å². The van der Waals surface area contributed by atoms with Crippen LogP contribution in [0, 0.1) is 5.82 Å². The fourth-order valence-electron chi connectivity index (χ4n) is 1.89. The van der Waals surface area contributed by atoms with Crippen LogP contribution >= 0.6 is 51.7 Å². The topological polar surface area (TPSA) is 41.6 Å². The summed E-state index contributed by atoms with van der Waals surface area (Å²) < 4.78 is 13.6. The summed E-state index contributed by atoms with van der Waals surface area (Å²) in [7, 11) is 0. The standard InChI is InChI=1S/C13H17BrFN3S.HI/c14-11-9-10(1-2-12(11)15)3-4-17-13(16)18-5-7-19-8-6-18;/h1-2,9H,3-8H2,(H2,16,17);1H. The smallest absolute Gasteiger partial charge is 0.191 e. The molecule has 20 heavy (non-hydrogen) atoms. The maximum Gasteiger partial charge on any atom is 0.191 e. The van der Waals surface area contributed by atoms with Crippen LogP contribution in [0.1, 0.15) is 5.56 Å². The highest BCUT2D eigenvalue weighted by Gasteiger charge is 2.11. The highest BCUT2D eigenvalue weighted by Crippen LogP contribution is 2.17. The maximum absolute atomic E-state index is 13.1. The number of thioether (sulfide) groups is 1. The Morgan fingerprint density at radius 1 is 1.40 bits per heavy atom. The van der Waals surface area contributed by atoms with E-state index in [1.54, 1.807) is 12.1 Å². The van der Waals surface area contributed by atoms with Gasteiger partial charge in [0.25, 0.3) is 0 Å². The van der Waals surface area contributed by atoms with Gasteiger partial charge in [-0.25, -0.2) is 4.39 Å². The van der Waals surface area contributed by atoms with Crippen molar-refractivity contribution in [2.24, 2.45) is 10.7 Å². The van der Waals surface area contributed by atoms with E-state index >= 15 is 0 Å². The number of nitrogens with zero attached hydrogens (tertiary/aromatic N) is 2. The molecule has 1 aromatic rings. The van der Waals surface area contributed by atoms with Crippen molar-refractivity contribution in [1.29, 1.82) is 0 Å². The second kappa shape index (κ2) is 9.09. The molecule has 0 amide bonds. The van der Waals surface area contributed by atoms with Gasteiger partial charge in [-0.1, -0.05) is 6.07 Å². The molecule has 1 aliphatic heterocycles. The fraction of sp³-hybridized carbons (Fsp3) is 0.462. The van der Waals surface area contributed by atoms with Gasteiger partial charge in [-0.3, -0.25) is 4.99 Å². The van der Waals surface area contributed by atoms with Crippen molar-refractivity contribution in [2.75, 3.05) is 31.1 Å². The average molecular weight is 474 g/mol. The minimum atomic E-state index is -0.238. The van der Waals surface area contributed by atoms with Crippen LogP contribution in [0.2, 0.25) is 0 Å². The molecule has 0 aromatic heterocycles. The SMILES string of the molecule is I.NC(=NCCc1ccc(F)c(Br)c1)N1CCSCC1. The van der Waals surface area contributed by atoms with Crippen LogP contribution in [0.15, 0.2) is 27.7 Å². The Labute approximate surface area is 148 Å². The molecule has 0 atom stereocenters. The molecule has 3 nitrogen and oxygen atoms in total. The van der Waals surface area contributed by atoms with Crippen LogP contribution in [0.3, 0.4) is 0 Å². The summed E-state index contributed by atoms with van der Waals surface area (Å²) in [4.78, 5) is 6.52. The number of halogens is 3. The summed E-state index contributed by atoms with van der Waals surface area (Å²) >= 11 is 5.13. The number of aliphatic imine (C=N–C) groups is 1. The zero-order chi connectivity index (χ0) is 13.7. The molecule has 0 spiro atoms. The third-order valence-electron chi connectivity index (χ3n) is 2.99. The molecule has 1 aromatic carbocycles. The monoisotopic (exact) mass is 473 g/mol. The van der Waals surface area contributed by atoms with Crippen molar-refractivity contribution in [3.8, 4) is 0 Å². The lowest BCUT2D eigenvalue weighted by atomic mass is 10.1. The Morgan fingerprint density at radius 2 is 2.10 bits per heavy atom. The number of guanidine groups is 1. The van der Waals surface area contributed by atoms with E-state index in [4.69, 9.17) is 5.73 Å². The first-order chi connectivity index (χ1) is 9.16. The van der Waals surface area contributed by atoms with Gasteiger partial charge >= 0.3 is 0 Å². The predicted octanol–water partition coefficient (Wildman–Crippen LogP) is 3.11. The second-order valence-electron chi connectivity index (χ2n) is 4.34. The van der Waals surface area contributed by atoms with Crippen LogP contribution in [-0.4, -0.2) is 42.0 Å². The fourth-order valence-corrected chi connectivity index (χ4v) is 3.22. The third-order valence-corrected chi connectivity index (χ3v) is 4.54. The summed E-state index contributed by atoms with van der Waals surface area (Å²) in [5.41, 5.74) is 7.02. The first kappa shape index (κ1) is 18.0. The molecule has 0 radical (unpaired) electrons. The summed E-state index contributed by atoms with van der Waals surface area (Å²) in [6, 6.07) is 5.04. The van der Waals surface area contributed by atoms with Gasteiger partial charge in [-0.2, -0.15) is 11.8 Å². The second-order valence-corrected chi connectivity index (χ2v) is 6.42.